The molecule has 24 heavy (non-hydrogen) atoms. The average molecular weight is 368 g/mol. The third kappa shape index (κ3) is 5.87. The number of rotatable bonds is 9. The predicted molar refractivity (Wildman–Crippen MR) is 97.0 cm³/mol. The van der Waals surface area contributed by atoms with Gasteiger partial charge in [-0.25, -0.2) is 4.79 Å². The van der Waals surface area contributed by atoms with Crippen LogP contribution in [0.3, 0.4) is 0 Å². The Morgan fingerprint density at radius 2 is 1.71 bits per heavy atom. The maximum atomic E-state index is 11.8. The normalized spacial score (nSPS) is 11.4. The topological polar surface area (TPSA) is 57.9 Å². The first-order valence-electron chi connectivity index (χ1n) is 7.81. The predicted octanol–water partition coefficient (Wildman–Crippen LogP) is 4.10. The van der Waals surface area contributed by atoms with Crippen LogP contribution in [0.2, 0.25) is 0 Å². The molecule has 0 amide bonds. The smallest absolute Gasteiger partial charge is 0.380 e. The van der Waals surface area contributed by atoms with Gasteiger partial charge in [-0.05, 0) is 25.8 Å². The fraction of sp³-hybridized carbons (Fsp3) is 0.353. The van der Waals surface area contributed by atoms with Crippen LogP contribution in [0.5, 0.6) is 5.75 Å². The third-order valence-electron chi connectivity index (χ3n) is 3.09. The summed E-state index contributed by atoms with van der Waals surface area (Å²) in [4.78, 5) is 11.8. The molecule has 0 spiro atoms. The number of aryl methyl sites for hydroxylation is 2. The highest BCUT2D eigenvalue weighted by molar-refractivity contribution is 8.07. The van der Waals surface area contributed by atoms with Crippen molar-refractivity contribution in [2.75, 3.05) is 13.2 Å². The third-order valence-corrected chi connectivity index (χ3v) is 5.53. The Labute approximate surface area is 146 Å². The first-order valence-corrected chi connectivity index (χ1v) is 10.4. The highest BCUT2D eigenvalue weighted by Crippen LogP contribution is 2.49. The van der Waals surface area contributed by atoms with Crippen LogP contribution < -0.4 is 10.1 Å². The molecule has 0 aliphatic rings. The first kappa shape index (κ1) is 18.9. The molecule has 130 valence electrons. The minimum Gasteiger partial charge on any atom is -0.428 e. The Balaban J connectivity index is 2.12. The van der Waals surface area contributed by atoms with Gasteiger partial charge in [0.15, 0.2) is 0 Å². The summed E-state index contributed by atoms with van der Waals surface area (Å²) in [5, 5.41) is 0. The van der Waals surface area contributed by atoms with Crippen molar-refractivity contribution in [1.82, 2.24) is 0 Å². The molecule has 0 saturated heterocycles. The maximum Gasteiger partial charge on any atom is 0.380 e. The molecule has 1 aromatic carbocycles. The van der Waals surface area contributed by atoms with Crippen molar-refractivity contribution < 1.29 is 18.0 Å². The molecule has 7 heteroatoms. The van der Waals surface area contributed by atoms with Gasteiger partial charge in [0.1, 0.15) is 11.5 Å². The molecule has 2 aromatic rings. The molecule has 0 fully saturated rings. The summed E-state index contributed by atoms with van der Waals surface area (Å²) in [5.74, 6) is 0.857. The quantitative estimate of drug-likeness (QED) is 0.621. The molecule has 0 bridgehead atoms. The highest BCUT2D eigenvalue weighted by Gasteiger charge is 2.22. The number of hydrogen-bond donors (Lipinski definition) is 0. The van der Waals surface area contributed by atoms with Crippen LogP contribution in [0, 0.1) is 0 Å². The van der Waals surface area contributed by atoms with Crippen molar-refractivity contribution in [3.8, 4) is 5.75 Å². The molecule has 1 aromatic heterocycles. The van der Waals surface area contributed by atoms with Crippen molar-refractivity contribution >= 4 is 18.5 Å². The van der Waals surface area contributed by atoms with Crippen molar-refractivity contribution in [2.24, 2.45) is 0 Å². The molecule has 2 rings (SSSR count). The molecule has 0 N–H and O–H groups in total. The minimum absolute atomic E-state index is 0.319. The largest absolute Gasteiger partial charge is 0.428 e. The second-order valence-corrected chi connectivity index (χ2v) is 7.87. The summed E-state index contributed by atoms with van der Waals surface area (Å²) in [6.07, 6.45) is 1.35. The fourth-order valence-electron chi connectivity index (χ4n) is 2.13. The van der Waals surface area contributed by atoms with E-state index in [4.69, 9.17) is 29.8 Å². The van der Waals surface area contributed by atoms with Crippen LogP contribution in [-0.2, 0) is 33.7 Å². The maximum absolute atomic E-state index is 11.8. The van der Waals surface area contributed by atoms with Gasteiger partial charge in [-0.15, -0.1) is 0 Å². The van der Waals surface area contributed by atoms with Gasteiger partial charge in [-0.3, -0.25) is 9.05 Å². The average Bonchev–Trinajstić information content (AvgIpc) is 2.53. The highest BCUT2D eigenvalue weighted by atomic mass is 32.5. The van der Waals surface area contributed by atoms with Gasteiger partial charge in [0.2, 0.25) is 0 Å². The lowest BCUT2D eigenvalue weighted by Gasteiger charge is -2.20. The summed E-state index contributed by atoms with van der Waals surface area (Å²) in [5.41, 5.74) is 0.685. The molecule has 0 radical (unpaired) electrons. The minimum atomic E-state index is -2.91. The van der Waals surface area contributed by atoms with E-state index in [2.05, 4.69) is 0 Å². The molecule has 0 atom stereocenters. The monoisotopic (exact) mass is 368 g/mol. The molecule has 0 aliphatic carbocycles. The molecular formula is C17H21O5PS. The van der Waals surface area contributed by atoms with E-state index in [0.717, 1.165) is 6.42 Å². The summed E-state index contributed by atoms with van der Waals surface area (Å²) in [6, 6.07) is 12.9. The second-order valence-electron chi connectivity index (χ2n) is 4.94. The van der Waals surface area contributed by atoms with E-state index in [1.165, 1.54) is 11.6 Å². The summed E-state index contributed by atoms with van der Waals surface area (Å²) < 4.78 is 21.8. The standard InChI is InChI=1S/C17H21O5PS/c1-3-19-23(24,20-4-2)22-16-12-15(21-17(18)13-16)11-10-14-8-6-5-7-9-14/h5-9,12-13H,3-4,10-11H2,1-2H3. The second kappa shape index (κ2) is 9.14. The van der Waals surface area contributed by atoms with Crippen LogP contribution in [-0.4, -0.2) is 13.2 Å². The molecule has 5 nitrogen and oxygen atoms in total. The summed E-state index contributed by atoms with van der Waals surface area (Å²) in [7, 11) is 0. The van der Waals surface area contributed by atoms with Gasteiger partial charge >= 0.3 is 12.3 Å². The Kier molecular flexibility index (Phi) is 7.18. The van der Waals surface area contributed by atoms with Gasteiger partial charge in [0, 0.05) is 24.3 Å². The zero-order valence-corrected chi connectivity index (χ0v) is 15.5. The number of benzene rings is 1. The number of hydrogen-bond acceptors (Lipinski definition) is 6. The first-order chi connectivity index (χ1) is 11.5. The van der Waals surface area contributed by atoms with E-state index in [0.29, 0.717) is 31.1 Å². The zero-order valence-electron chi connectivity index (χ0n) is 13.8. The van der Waals surface area contributed by atoms with Crippen molar-refractivity contribution in [2.45, 2.75) is 26.7 Å². The van der Waals surface area contributed by atoms with Crippen molar-refractivity contribution in [1.29, 1.82) is 0 Å². The van der Waals surface area contributed by atoms with E-state index >= 15 is 0 Å². The van der Waals surface area contributed by atoms with E-state index in [9.17, 15) is 4.79 Å². The van der Waals surface area contributed by atoms with Crippen molar-refractivity contribution in [3.05, 3.63) is 64.2 Å². The Hall–Kier alpha value is -1.46. The van der Waals surface area contributed by atoms with Gasteiger partial charge < -0.3 is 8.94 Å². The van der Waals surface area contributed by atoms with E-state index in [1.54, 1.807) is 6.07 Å². The van der Waals surface area contributed by atoms with Crippen molar-refractivity contribution in [3.63, 3.8) is 0 Å². The molecular weight excluding hydrogens is 347 g/mol. The Morgan fingerprint density at radius 1 is 1.04 bits per heavy atom. The van der Waals surface area contributed by atoms with Crippen LogP contribution in [0.1, 0.15) is 25.2 Å². The van der Waals surface area contributed by atoms with Crippen LogP contribution in [0.15, 0.2) is 51.7 Å². The lowest BCUT2D eigenvalue weighted by Crippen LogP contribution is -2.06. The fourth-order valence-corrected chi connectivity index (χ4v) is 4.19. The van der Waals surface area contributed by atoms with Crippen LogP contribution in [0.25, 0.3) is 0 Å². The zero-order chi connectivity index (χ0) is 17.4. The lowest BCUT2D eigenvalue weighted by atomic mass is 10.1. The van der Waals surface area contributed by atoms with Gasteiger partial charge in [-0.2, -0.15) is 0 Å². The van der Waals surface area contributed by atoms with E-state index < -0.39 is 12.3 Å². The van der Waals surface area contributed by atoms with Gasteiger partial charge in [0.05, 0.1) is 19.3 Å². The molecule has 0 aliphatic heterocycles. The summed E-state index contributed by atoms with van der Waals surface area (Å²) in [6.45, 7) is 1.47. The summed E-state index contributed by atoms with van der Waals surface area (Å²) >= 11 is 5.32. The Bertz CT molecular complexity index is 734. The molecule has 0 saturated carbocycles. The van der Waals surface area contributed by atoms with Crippen LogP contribution >= 0.6 is 6.72 Å². The van der Waals surface area contributed by atoms with Crippen LogP contribution in [0.4, 0.5) is 0 Å². The van der Waals surface area contributed by atoms with E-state index in [1.807, 2.05) is 44.2 Å². The SMILES string of the molecule is CCOP(=S)(OCC)Oc1cc(CCc2ccccc2)oc(=O)c1. The lowest BCUT2D eigenvalue weighted by molar-refractivity contribution is 0.217. The van der Waals surface area contributed by atoms with Gasteiger partial charge in [-0.1, -0.05) is 30.3 Å². The molecule has 0 unspecified atom stereocenters. The van der Waals surface area contributed by atoms with E-state index in [-0.39, 0.29) is 0 Å². The van der Waals surface area contributed by atoms with Gasteiger partial charge in [0.25, 0.3) is 0 Å². The Morgan fingerprint density at radius 3 is 2.33 bits per heavy atom. The molecule has 1 heterocycles.